The van der Waals surface area contributed by atoms with Gasteiger partial charge in [-0.1, -0.05) is 26.2 Å². The Morgan fingerprint density at radius 2 is 1.87 bits per heavy atom. The van der Waals surface area contributed by atoms with Gasteiger partial charge in [-0.15, -0.1) is 0 Å². The van der Waals surface area contributed by atoms with Gasteiger partial charge in [-0.05, 0) is 56.4 Å². The lowest BCUT2D eigenvalue weighted by molar-refractivity contribution is -0.138. The molecule has 0 aromatic rings. The van der Waals surface area contributed by atoms with Crippen LogP contribution in [0.4, 0.5) is 0 Å². The van der Waals surface area contributed by atoms with Crippen LogP contribution in [0.25, 0.3) is 0 Å². The molecule has 0 aromatic heterocycles. The van der Waals surface area contributed by atoms with E-state index in [4.69, 9.17) is 0 Å². The number of hydrogen-bond donors (Lipinski definition) is 2. The molecule has 2 aliphatic carbocycles. The van der Waals surface area contributed by atoms with Gasteiger partial charge in [-0.25, -0.2) is 0 Å². The zero-order valence-electron chi connectivity index (χ0n) is 14.7. The minimum absolute atomic E-state index is 0.318. The first-order valence-corrected chi connectivity index (χ1v) is 9.81. The summed E-state index contributed by atoms with van der Waals surface area (Å²) >= 11 is 0. The number of aliphatic carboxylic acids is 1. The summed E-state index contributed by atoms with van der Waals surface area (Å²) in [5.41, 5.74) is 0. The molecule has 3 fully saturated rings. The summed E-state index contributed by atoms with van der Waals surface area (Å²) in [7, 11) is 0. The second-order valence-electron chi connectivity index (χ2n) is 8.38. The summed E-state index contributed by atoms with van der Waals surface area (Å²) in [5, 5.41) is 13.0. The minimum atomic E-state index is -0.635. The summed E-state index contributed by atoms with van der Waals surface area (Å²) in [6.07, 6.45) is 11.0. The van der Waals surface area contributed by atoms with Crippen molar-refractivity contribution < 1.29 is 9.90 Å². The quantitative estimate of drug-likeness (QED) is 0.789. The van der Waals surface area contributed by atoms with Gasteiger partial charge < -0.3 is 10.4 Å². The molecule has 1 heterocycles. The number of rotatable bonds is 6. The predicted octanol–water partition coefficient (Wildman–Crippen LogP) is 3.12. The number of carboxylic acid groups (broad SMARTS) is 1. The van der Waals surface area contributed by atoms with E-state index in [1.165, 1.54) is 44.9 Å². The van der Waals surface area contributed by atoms with Crippen molar-refractivity contribution in [2.45, 2.75) is 76.8 Å². The first kappa shape index (κ1) is 17.2. The maximum absolute atomic E-state index is 11.2. The molecule has 4 unspecified atom stereocenters. The molecule has 4 heteroatoms. The van der Waals surface area contributed by atoms with Gasteiger partial charge in [0.15, 0.2) is 0 Å². The van der Waals surface area contributed by atoms with Crippen molar-refractivity contribution in [3.63, 3.8) is 0 Å². The minimum Gasteiger partial charge on any atom is -0.481 e. The fourth-order valence-electron chi connectivity index (χ4n) is 4.97. The summed E-state index contributed by atoms with van der Waals surface area (Å²) < 4.78 is 0. The number of carboxylic acids is 1. The number of nitrogens with zero attached hydrogens (tertiary/aromatic N) is 1. The van der Waals surface area contributed by atoms with Gasteiger partial charge in [0, 0.05) is 31.6 Å². The van der Waals surface area contributed by atoms with E-state index < -0.39 is 5.97 Å². The number of carbonyl (C=O) groups is 1. The van der Waals surface area contributed by atoms with Crippen LogP contribution in [0.15, 0.2) is 0 Å². The lowest BCUT2D eigenvalue weighted by Crippen LogP contribution is -2.57. The van der Waals surface area contributed by atoms with Crippen LogP contribution in [0.1, 0.15) is 64.7 Å². The SMILES string of the molecule is CC1CCC1N1CC(CC(=O)O)CC(NCC2CCCCC2)C1. The zero-order chi connectivity index (χ0) is 16.2. The Morgan fingerprint density at radius 3 is 2.48 bits per heavy atom. The first-order valence-electron chi connectivity index (χ1n) is 9.81. The zero-order valence-corrected chi connectivity index (χ0v) is 14.7. The normalized spacial score (nSPS) is 36.6. The van der Waals surface area contributed by atoms with E-state index >= 15 is 0 Å². The Kier molecular flexibility index (Phi) is 5.97. The number of hydrogen-bond acceptors (Lipinski definition) is 3. The molecule has 0 radical (unpaired) electrons. The van der Waals surface area contributed by atoms with Crippen LogP contribution < -0.4 is 5.32 Å². The third-order valence-corrected chi connectivity index (χ3v) is 6.49. The van der Waals surface area contributed by atoms with Crippen LogP contribution in [0.2, 0.25) is 0 Å². The largest absolute Gasteiger partial charge is 0.481 e. The molecular formula is C19H34N2O2. The fourth-order valence-corrected chi connectivity index (χ4v) is 4.97. The van der Waals surface area contributed by atoms with Crippen LogP contribution >= 0.6 is 0 Å². The van der Waals surface area contributed by atoms with E-state index in [0.717, 1.165) is 37.9 Å². The van der Waals surface area contributed by atoms with E-state index in [-0.39, 0.29) is 0 Å². The van der Waals surface area contributed by atoms with Gasteiger partial charge in [0.1, 0.15) is 0 Å². The smallest absolute Gasteiger partial charge is 0.303 e. The van der Waals surface area contributed by atoms with Gasteiger partial charge >= 0.3 is 5.97 Å². The van der Waals surface area contributed by atoms with Crippen LogP contribution in [-0.4, -0.2) is 47.7 Å². The van der Waals surface area contributed by atoms with Gasteiger partial charge in [0.2, 0.25) is 0 Å². The molecule has 0 spiro atoms. The lowest BCUT2D eigenvalue weighted by Gasteiger charge is -2.48. The summed E-state index contributed by atoms with van der Waals surface area (Å²) in [4.78, 5) is 13.8. The van der Waals surface area contributed by atoms with Crippen molar-refractivity contribution in [3.8, 4) is 0 Å². The molecule has 2 saturated carbocycles. The summed E-state index contributed by atoms with van der Waals surface area (Å²) in [5.74, 6) is 1.32. The first-order chi connectivity index (χ1) is 11.1. The molecule has 1 aliphatic heterocycles. The molecule has 0 amide bonds. The van der Waals surface area contributed by atoms with Crippen LogP contribution in [0.5, 0.6) is 0 Å². The third kappa shape index (κ3) is 4.69. The Labute approximate surface area is 141 Å². The third-order valence-electron chi connectivity index (χ3n) is 6.49. The van der Waals surface area contributed by atoms with Crippen LogP contribution in [-0.2, 0) is 4.79 Å². The highest BCUT2D eigenvalue weighted by molar-refractivity contribution is 5.67. The maximum Gasteiger partial charge on any atom is 0.303 e. The average Bonchev–Trinajstić information content (AvgIpc) is 2.52. The maximum atomic E-state index is 11.2. The van der Waals surface area contributed by atoms with E-state index in [0.29, 0.717) is 24.4 Å². The van der Waals surface area contributed by atoms with Crippen molar-refractivity contribution in [1.82, 2.24) is 10.2 Å². The monoisotopic (exact) mass is 322 g/mol. The predicted molar refractivity (Wildman–Crippen MR) is 92.5 cm³/mol. The molecule has 0 bridgehead atoms. The molecule has 3 aliphatic rings. The molecular weight excluding hydrogens is 288 g/mol. The number of likely N-dealkylation sites (tertiary alicyclic amines) is 1. The Balaban J connectivity index is 1.53. The van der Waals surface area contributed by atoms with Gasteiger partial charge in [-0.2, -0.15) is 0 Å². The van der Waals surface area contributed by atoms with Gasteiger partial charge in [0.25, 0.3) is 0 Å². The molecule has 3 rings (SSSR count). The fraction of sp³-hybridized carbons (Fsp3) is 0.947. The molecule has 4 atom stereocenters. The second kappa shape index (κ2) is 7.98. The topological polar surface area (TPSA) is 52.6 Å². The molecule has 1 saturated heterocycles. The molecule has 0 aromatic carbocycles. The molecule has 23 heavy (non-hydrogen) atoms. The number of nitrogens with one attached hydrogen (secondary N) is 1. The van der Waals surface area contributed by atoms with Crippen molar-refractivity contribution in [2.75, 3.05) is 19.6 Å². The van der Waals surface area contributed by atoms with Crippen molar-refractivity contribution in [3.05, 3.63) is 0 Å². The highest BCUT2D eigenvalue weighted by atomic mass is 16.4. The Bertz CT molecular complexity index is 395. The Hall–Kier alpha value is -0.610. The van der Waals surface area contributed by atoms with E-state index in [1.54, 1.807) is 0 Å². The summed E-state index contributed by atoms with van der Waals surface area (Å²) in [6, 6.07) is 1.19. The highest BCUT2D eigenvalue weighted by Gasteiger charge is 2.38. The molecule has 2 N–H and O–H groups in total. The Morgan fingerprint density at radius 1 is 1.09 bits per heavy atom. The van der Waals surface area contributed by atoms with E-state index in [2.05, 4.69) is 17.1 Å². The lowest BCUT2D eigenvalue weighted by atomic mass is 9.78. The standard InChI is InChI=1S/C19H34N2O2/c1-14-7-8-18(14)21-12-16(10-19(22)23)9-17(13-21)20-11-15-5-3-2-4-6-15/h14-18,20H,2-13H2,1H3,(H,22,23). The summed E-state index contributed by atoms with van der Waals surface area (Å²) in [6.45, 7) is 5.60. The van der Waals surface area contributed by atoms with Crippen molar-refractivity contribution in [1.29, 1.82) is 0 Å². The average molecular weight is 322 g/mol. The van der Waals surface area contributed by atoms with Crippen molar-refractivity contribution >= 4 is 5.97 Å². The van der Waals surface area contributed by atoms with Crippen LogP contribution in [0.3, 0.4) is 0 Å². The second-order valence-corrected chi connectivity index (χ2v) is 8.38. The van der Waals surface area contributed by atoms with Crippen LogP contribution in [0, 0.1) is 17.8 Å². The van der Waals surface area contributed by atoms with Crippen molar-refractivity contribution in [2.24, 2.45) is 17.8 Å². The molecule has 4 nitrogen and oxygen atoms in total. The van der Waals surface area contributed by atoms with Gasteiger partial charge in [0.05, 0.1) is 0 Å². The molecule has 132 valence electrons. The van der Waals surface area contributed by atoms with E-state index in [9.17, 15) is 9.90 Å². The van der Waals surface area contributed by atoms with E-state index in [1.807, 2.05) is 0 Å². The number of piperidine rings is 1. The van der Waals surface area contributed by atoms with Gasteiger partial charge in [-0.3, -0.25) is 9.69 Å². The highest BCUT2D eigenvalue weighted by Crippen LogP contribution is 2.35.